The molecule has 150 valence electrons. The largest absolute Gasteiger partial charge is 0.454 e. The second kappa shape index (κ2) is 7.11. The van der Waals surface area contributed by atoms with Gasteiger partial charge >= 0.3 is 0 Å². The monoisotopic (exact) mass is 401 g/mol. The number of hydrogen-bond donors (Lipinski definition) is 2. The van der Waals surface area contributed by atoms with Crippen LogP contribution in [0.1, 0.15) is 29.0 Å². The number of ether oxygens (including phenoxy) is 2. The Morgan fingerprint density at radius 1 is 1.03 bits per heavy atom. The van der Waals surface area contributed by atoms with Gasteiger partial charge in [-0.25, -0.2) is 0 Å². The lowest BCUT2D eigenvalue weighted by atomic mass is 10.0. The Balaban J connectivity index is 1.58. The molecule has 2 heterocycles. The summed E-state index contributed by atoms with van der Waals surface area (Å²) in [5, 5.41) is 6.23. The van der Waals surface area contributed by atoms with E-state index in [0.29, 0.717) is 28.4 Å². The number of nitrogens with one attached hydrogen (secondary N) is 2. The molecule has 2 aliphatic heterocycles. The van der Waals surface area contributed by atoms with Gasteiger partial charge in [0.1, 0.15) is 6.17 Å². The molecule has 0 fully saturated rings. The molecule has 1 atom stereocenters. The summed E-state index contributed by atoms with van der Waals surface area (Å²) in [4.78, 5) is 26.5. The second-order valence-corrected chi connectivity index (χ2v) is 7.11. The van der Waals surface area contributed by atoms with Gasteiger partial charge < -0.3 is 20.1 Å². The van der Waals surface area contributed by atoms with Crippen LogP contribution in [0.15, 0.2) is 66.7 Å². The van der Waals surface area contributed by atoms with Gasteiger partial charge in [0.05, 0.1) is 11.3 Å². The molecule has 5 rings (SSSR count). The van der Waals surface area contributed by atoms with Crippen LogP contribution in [0.2, 0.25) is 0 Å². The quantitative estimate of drug-likeness (QED) is 0.689. The summed E-state index contributed by atoms with van der Waals surface area (Å²) in [6.07, 6.45) is -0.431. The molecule has 0 aromatic heterocycles. The minimum atomic E-state index is -0.431. The number of hydrogen-bond acceptors (Lipinski definition) is 5. The Morgan fingerprint density at radius 3 is 2.60 bits per heavy atom. The third-order valence-electron chi connectivity index (χ3n) is 5.11. The molecule has 0 unspecified atom stereocenters. The maximum Gasteiger partial charge on any atom is 0.262 e. The van der Waals surface area contributed by atoms with E-state index in [-0.39, 0.29) is 18.6 Å². The summed E-state index contributed by atoms with van der Waals surface area (Å²) in [7, 11) is 0. The lowest BCUT2D eigenvalue weighted by molar-refractivity contribution is -0.114. The average molecular weight is 401 g/mol. The van der Waals surface area contributed by atoms with Crippen molar-refractivity contribution in [2.24, 2.45) is 0 Å². The molecule has 0 spiro atoms. The molecule has 2 N–H and O–H groups in total. The van der Waals surface area contributed by atoms with Gasteiger partial charge in [0.2, 0.25) is 12.7 Å². The van der Waals surface area contributed by atoms with Crippen LogP contribution in [-0.4, -0.2) is 18.6 Å². The van der Waals surface area contributed by atoms with Gasteiger partial charge in [0, 0.05) is 24.4 Å². The second-order valence-electron chi connectivity index (χ2n) is 7.11. The van der Waals surface area contributed by atoms with Crippen LogP contribution in [0.4, 0.5) is 17.1 Å². The van der Waals surface area contributed by atoms with Crippen molar-refractivity contribution in [3.63, 3.8) is 0 Å². The highest BCUT2D eigenvalue weighted by Crippen LogP contribution is 2.41. The number of carbonyl (C=O) groups excluding carboxylic acids is 2. The number of para-hydroxylation sites is 1. The van der Waals surface area contributed by atoms with Gasteiger partial charge in [-0.3, -0.25) is 14.5 Å². The number of benzene rings is 3. The van der Waals surface area contributed by atoms with Crippen LogP contribution < -0.4 is 25.0 Å². The first-order chi connectivity index (χ1) is 14.6. The first-order valence-corrected chi connectivity index (χ1v) is 9.56. The average Bonchev–Trinajstić information content (AvgIpc) is 3.22. The fraction of sp³-hybridized carbons (Fsp3) is 0.130. The van der Waals surface area contributed by atoms with E-state index < -0.39 is 6.17 Å². The summed E-state index contributed by atoms with van der Waals surface area (Å²) in [5.74, 6) is 1.02. The third-order valence-corrected chi connectivity index (χ3v) is 5.11. The fourth-order valence-corrected chi connectivity index (χ4v) is 3.74. The molecule has 30 heavy (non-hydrogen) atoms. The van der Waals surface area contributed by atoms with Gasteiger partial charge in [-0.15, -0.1) is 0 Å². The summed E-state index contributed by atoms with van der Waals surface area (Å²) < 4.78 is 10.9. The topological polar surface area (TPSA) is 79.9 Å². The zero-order valence-corrected chi connectivity index (χ0v) is 16.2. The maximum atomic E-state index is 13.5. The molecule has 7 nitrogen and oxygen atoms in total. The summed E-state index contributed by atoms with van der Waals surface area (Å²) in [6.45, 7) is 1.63. The Labute approximate surface area is 173 Å². The van der Waals surface area contributed by atoms with E-state index in [1.54, 1.807) is 11.0 Å². The predicted molar refractivity (Wildman–Crippen MR) is 113 cm³/mol. The Bertz CT molecular complexity index is 1140. The van der Waals surface area contributed by atoms with Crippen LogP contribution in [0.5, 0.6) is 11.5 Å². The third kappa shape index (κ3) is 3.10. The molecule has 0 saturated heterocycles. The molecule has 2 aliphatic rings. The van der Waals surface area contributed by atoms with Crippen molar-refractivity contribution < 1.29 is 19.1 Å². The highest BCUT2D eigenvalue weighted by Gasteiger charge is 2.34. The number of nitrogens with zero attached hydrogens (tertiary/aromatic N) is 1. The van der Waals surface area contributed by atoms with Crippen molar-refractivity contribution in [2.45, 2.75) is 13.1 Å². The number of amides is 2. The molecule has 0 saturated carbocycles. The molecule has 2 amide bonds. The van der Waals surface area contributed by atoms with E-state index >= 15 is 0 Å². The highest BCUT2D eigenvalue weighted by molar-refractivity contribution is 6.12. The highest BCUT2D eigenvalue weighted by atomic mass is 16.7. The van der Waals surface area contributed by atoms with Gasteiger partial charge in [0.25, 0.3) is 5.91 Å². The summed E-state index contributed by atoms with van der Waals surface area (Å²) in [6, 6.07) is 20.3. The SMILES string of the molecule is CC(=O)Nc1ccc([C@@H]2Nc3ccccc3C(=O)N2c2ccc3c(c2)OCO3)cc1. The van der Waals surface area contributed by atoms with E-state index in [1.807, 2.05) is 60.7 Å². The van der Waals surface area contributed by atoms with E-state index in [9.17, 15) is 9.59 Å². The zero-order chi connectivity index (χ0) is 20.7. The summed E-state index contributed by atoms with van der Waals surface area (Å²) in [5.41, 5.74) is 3.65. The number of rotatable bonds is 3. The van der Waals surface area contributed by atoms with Crippen LogP contribution >= 0.6 is 0 Å². The molecule has 0 bridgehead atoms. The first-order valence-electron chi connectivity index (χ1n) is 9.56. The van der Waals surface area contributed by atoms with Gasteiger partial charge in [-0.2, -0.15) is 0 Å². The minimum absolute atomic E-state index is 0.112. The predicted octanol–water partition coefficient (Wildman–Crippen LogP) is 4.14. The summed E-state index contributed by atoms with van der Waals surface area (Å²) >= 11 is 0. The molecular weight excluding hydrogens is 382 g/mol. The van der Waals surface area contributed by atoms with Crippen molar-refractivity contribution in [3.8, 4) is 11.5 Å². The molecular formula is C23H19N3O4. The van der Waals surface area contributed by atoms with Crippen molar-refractivity contribution in [1.29, 1.82) is 0 Å². The van der Waals surface area contributed by atoms with Crippen molar-refractivity contribution >= 4 is 28.9 Å². The molecule has 7 heteroatoms. The first kappa shape index (κ1) is 18.1. The Morgan fingerprint density at radius 2 is 1.80 bits per heavy atom. The van der Waals surface area contributed by atoms with Crippen LogP contribution in [0.3, 0.4) is 0 Å². The minimum Gasteiger partial charge on any atom is -0.454 e. The lowest BCUT2D eigenvalue weighted by Gasteiger charge is -2.38. The van der Waals surface area contributed by atoms with Gasteiger partial charge in [0.15, 0.2) is 11.5 Å². The fourth-order valence-electron chi connectivity index (χ4n) is 3.74. The zero-order valence-electron chi connectivity index (χ0n) is 16.2. The maximum absolute atomic E-state index is 13.5. The standard InChI is InChI=1S/C23H19N3O4/c1-14(27)24-16-8-6-15(7-9-16)22-25-19-5-3-2-4-18(19)23(28)26(22)17-10-11-20-21(12-17)30-13-29-20/h2-12,22,25H,13H2,1H3,(H,24,27)/t22-/m1/s1. The van der Waals surface area contributed by atoms with Gasteiger partial charge in [-0.05, 0) is 42.0 Å². The normalized spacial score (nSPS) is 16.6. The molecule has 0 aliphatic carbocycles. The number of anilines is 3. The molecule has 3 aromatic carbocycles. The van der Waals surface area contributed by atoms with E-state index in [2.05, 4.69) is 10.6 Å². The molecule has 0 radical (unpaired) electrons. The number of carbonyl (C=O) groups is 2. The van der Waals surface area contributed by atoms with Crippen LogP contribution in [-0.2, 0) is 4.79 Å². The van der Waals surface area contributed by atoms with Crippen molar-refractivity contribution in [3.05, 3.63) is 77.9 Å². The Hall–Kier alpha value is -4.00. The van der Waals surface area contributed by atoms with E-state index in [1.165, 1.54) is 6.92 Å². The lowest BCUT2D eigenvalue weighted by Crippen LogP contribution is -2.43. The van der Waals surface area contributed by atoms with E-state index in [4.69, 9.17) is 9.47 Å². The van der Waals surface area contributed by atoms with Crippen LogP contribution in [0, 0.1) is 0 Å². The smallest absolute Gasteiger partial charge is 0.262 e. The molecule has 3 aromatic rings. The van der Waals surface area contributed by atoms with Gasteiger partial charge in [-0.1, -0.05) is 24.3 Å². The number of fused-ring (bicyclic) bond motifs is 2. The van der Waals surface area contributed by atoms with E-state index in [0.717, 1.165) is 11.3 Å². The van der Waals surface area contributed by atoms with Crippen molar-refractivity contribution in [2.75, 3.05) is 22.3 Å². The van der Waals surface area contributed by atoms with Crippen LogP contribution in [0.25, 0.3) is 0 Å². The Kier molecular flexibility index (Phi) is 4.28. The van der Waals surface area contributed by atoms with Crippen molar-refractivity contribution in [1.82, 2.24) is 0 Å².